The molecule has 6 heteroatoms. The van der Waals surface area contributed by atoms with E-state index in [1.165, 1.54) is 4.90 Å². The summed E-state index contributed by atoms with van der Waals surface area (Å²) in [6.07, 6.45) is -0.704. The Kier molecular flexibility index (Phi) is 3.04. The van der Waals surface area contributed by atoms with Gasteiger partial charge < -0.3 is 9.67 Å². The lowest BCUT2D eigenvalue weighted by molar-refractivity contribution is 0.0926. The van der Waals surface area contributed by atoms with Gasteiger partial charge in [0.1, 0.15) is 11.9 Å². The van der Waals surface area contributed by atoms with E-state index in [1.54, 1.807) is 54.0 Å². The second kappa shape index (κ2) is 5.01. The molecule has 0 fully saturated rings. The first-order chi connectivity index (χ1) is 11.5. The van der Waals surface area contributed by atoms with Gasteiger partial charge >= 0.3 is 0 Å². The van der Waals surface area contributed by atoms with Gasteiger partial charge in [0.05, 0.1) is 27.8 Å². The number of fused-ring (bicyclic) bond motifs is 2. The van der Waals surface area contributed by atoms with Gasteiger partial charge in [-0.05, 0) is 37.3 Å². The Balaban J connectivity index is 1.84. The molecule has 1 unspecified atom stereocenters. The number of aliphatic hydroxyl groups excluding tert-OH is 1. The molecule has 0 radical (unpaired) electrons. The molecule has 0 aliphatic carbocycles. The first kappa shape index (κ1) is 14.6. The number of benzene rings is 2. The lowest BCUT2D eigenvalue weighted by Gasteiger charge is -2.13. The summed E-state index contributed by atoms with van der Waals surface area (Å²) in [6, 6.07) is 12.0. The van der Waals surface area contributed by atoms with E-state index < -0.39 is 6.10 Å². The molecule has 2 heterocycles. The van der Waals surface area contributed by atoms with Crippen molar-refractivity contribution in [1.29, 1.82) is 0 Å². The lowest BCUT2D eigenvalue weighted by atomic mass is 10.1. The summed E-state index contributed by atoms with van der Waals surface area (Å²) < 4.78 is 1.80. The zero-order valence-corrected chi connectivity index (χ0v) is 13.2. The number of hydrogen-bond donors (Lipinski definition) is 1. The summed E-state index contributed by atoms with van der Waals surface area (Å²) in [5.41, 5.74) is 2.75. The van der Waals surface area contributed by atoms with Crippen LogP contribution < -0.4 is 4.90 Å². The van der Waals surface area contributed by atoms with Gasteiger partial charge in [-0.1, -0.05) is 12.1 Å². The lowest BCUT2D eigenvalue weighted by Crippen LogP contribution is -2.29. The molecule has 24 heavy (non-hydrogen) atoms. The summed E-state index contributed by atoms with van der Waals surface area (Å²) in [5, 5.41) is 9.79. The SMILES string of the molecule is CC(O)c1nc2cc(N3C(=O)c4ccccc4C3=O)ccc2n1C. The Morgan fingerprint density at radius 1 is 1.04 bits per heavy atom. The second-order valence-corrected chi connectivity index (χ2v) is 5.87. The van der Waals surface area contributed by atoms with Crippen molar-refractivity contribution in [2.45, 2.75) is 13.0 Å². The van der Waals surface area contributed by atoms with E-state index in [0.717, 1.165) is 5.52 Å². The van der Waals surface area contributed by atoms with Gasteiger partial charge in [0, 0.05) is 7.05 Å². The number of hydrogen-bond acceptors (Lipinski definition) is 4. The van der Waals surface area contributed by atoms with E-state index >= 15 is 0 Å². The standard InChI is InChI=1S/C18H15N3O3/c1-10(22)16-19-14-9-11(7-8-15(14)20(16)2)21-17(23)12-5-3-4-6-13(12)18(21)24/h3-10,22H,1-2H3. The number of rotatable bonds is 2. The molecular formula is C18H15N3O3. The van der Waals surface area contributed by atoms with Gasteiger partial charge in [0.2, 0.25) is 0 Å². The maximum absolute atomic E-state index is 12.6. The van der Waals surface area contributed by atoms with E-state index in [9.17, 15) is 14.7 Å². The van der Waals surface area contributed by atoms with Gasteiger partial charge in [-0.15, -0.1) is 0 Å². The minimum Gasteiger partial charge on any atom is -0.385 e. The molecule has 1 aliphatic heterocycles. The Hall–Kier alpha value is -2.99. The van der Waals surface area contributed by atoms with Crippen molar-refractivity contribution in [2.75, 3.05) is 4.90 Å². The van der Waals surface area contributed by atoms with Crippen LogP contribution in [0.15, 0.2) is 42.5 Å². The molecule has 3 aromatic rings. The number of anilines is 1. The molecule has 0 saturated heterocycles. The molecule has 2 amide bonds. The molecule has 0 bridgehead atoms. The molecule has 4 rings (SSSR count). The average Bonchev–Trinajstić information content (AvgIpc) is 3.03. The molecule has 2 aromatic carbocycles. The predicted octanol–water partition coefficient (Wildman–Crippen LogP) is 2.43. The van der Waals surface area contributed by atoms with Crippen LogP contribution in [0.5, 0.6) is 0 Å². The van der Waals surface area contributed by atoms with Crippen LogP contribution in [-0.2, 0) is 7.05 Å². The summed E-state index contributed by atoms with van der Waals surface area (Å²) in [4.78, 5) is 30.7. The minimum absolute atomic E-state index is 0.332. The van der Waals surface area contributed by atoms with E-state index in [1.807, 2.05) is 7.05 Å². The fourth-order valence-corrected chi connectivity index (χ4v) is 3.14. The highest BCUT2D eigenvalue weighted by atomic mass is 16.3. The Morgan fingerprint density at radius 3 is 2.25 bits per heavy atom. The Labute approximate surface area is 138 Å². The predicted molar refractivity (Wildman–Crippen MR) is 88.9 cm³/mol. The summed E-state index contributed by atoms with van der Waals surface area (Å²) in [6.45, 7) is 1.65. The van der Waals surface area contributed by atoms with Crippen molar-refractivity contribution in [1.82, 2.24) is 9.55 Å². The minimum atomic E-state index is -0.704. The van der Waals surface area contributed by atoms with Crippen molar-refractivity contribution in [3.63, 3.8) is 0 Å². The van der Waals surface area contributed by atoms with Crippen LogP contribution in [0.4, 0.5) is 5.69 Å². The average molecular weight is 321 g/mol. The molecule has 1 aromatic heterocycles. The number of imide groups is 1. The topological polar surface area (TPSA) is 75.4 Å². The fraction of sp³-hybridized carbons (Fsp3) is 0.167. The maximum Gasteiger partial charge on any atom is 0.266 e. The van der Waals surface area contributed by atoms with Crippen LogP contribution in [0.3, 0.4) is 0 Å². The van der Waals surface area contributed by atoms with Crippen molar-refractivity contribution in [3.8, 4) is 0 Å². The van der Waals surface area contributed by atoms with Crippen molar-refractivity contribution >= 4 is 28.5 Å². The van der Waals surface area contributed by atoms with Gasteiger partial charge in [-0.25, -0.2) is 9.88 Å². The Morgan fingerprint density at radius 2 is 1.67 bits per heavy atom. The molecule has 1 N–H and O–H groups in total. The van der Waals surface area contributed by atoms with E-state index in [-0.39, 0.29) is 11.8 Å². The highest BCUT2D eigenvalue weighted by Crippen LogP contribution is 2.31. The zero-order chi connectivity index (χ0) is 17.0. The fourth-order valence-electron chi connectivity index (χ4n) is 3.14. The van der Waals surface area contributed by atoms with Crippen molar-refractivity contribution in [2.24, 2.45) is 7.05 Å². The van der Waals surface area contributed by atoms with Crippen LogP contribution in [0.2, 0.25) is 0 Å². The molecule has 0 saturated carbocycles. The number of nitrogens with zero attached hydrogens (tertiary/aromatic N) is 3. The number of carbonyl (C=O) groups excluding carboxylic acids is 2. The van der Waals surface area contributed by atoms with Crippen LogP contribution >= 0.6 is 0 Å². The molecule has 6 nitrogen and oxygen atoms in total. The molecule has 1 atom stereocenters. The van der Waals surface area contributed by atoms with Crippen molar-refractivity contribution < 1.29 is 14.7 Å². The molecule has 1 aliphatic rings. The number of aryl methyl sites for hydroxylation is 1. The van der Waals surface area contributed by atoms with E-state index in [2.05, 4.69) is 4.98 Å². The largest absolute Gasteiger partial charge is 0.385 e. The quantitative estimate of drug-likeness (QED) is 0.736. The first-order valence-corrected chi connectivity index (χ1v) is 7.61. The van der Waals surface area contributed by atoms with Crippen LogP contribution in [0, 0.1) is 0 Å². The normalized spacial score (nSPS) is 15.2. The molecule has 120 valence electrons. The smallest absolute Gasteiger partial charge is 0.266 e. The highest BCUT2D eigenvalue weighted by Gasteiger charge is 2.36. The highest BCUT2D eigenvalue weighted by molar-refractivity contribution is 6.34. The number of aromatic nitrogens is 2. The molecule has 0 spiro atoms. The third-order valence-electron chi connectivity index (χ3n) is 4.32. The van der Waals surface area contributed by atoms with Crippen molar-refractivity contribution in [3.05, 3.63) is 59.4 Å². The number of aliphatic hydroxyl groups is 1. The van der Waals surface area contributed by atoms with E-state index in [0.29, 0.717) is 28.2 Å². The van der Waals surface area contributed by atoms with Crippen LogP contribution in [0.25, 0.3) is 11.0 Å². The summed E-state index contributed by atoms with van der Waals surface area (Å²) in [5.74, 6) is -0.132. The monoisotopic (exact) mass is 321 g/mol. The van der Waals surface area contributed by atoms with Crippen LogP contribution in [-0.4, -0.2) is 26.5 Å². The second-order valence-electron chi connectivity index (χ2n) is 5.87. The van der Waals surface area contributed by atoms with Gasteiger partial charge in [0.25, 0.3) is 11.8 Å². The summed E-state index contributed by atoms with van der Waals surface area (Å²) in [7, 11) is 1.82. The molecular weight excluding hydrogens is 306 g/mol. The number of carbonyl (C=O) groups is 2. The zero-order valence-electron chi connectivity index (χ0n) is 13.2. The number of amides is 2. The van der Waals surface area contributed by atoms with Crippen LogP contribution in [0.1, 0.15) is 39.6 Å². The summed E-state index contributed by atoms with van der Waals surface area (Å²) >= 11 is 0. The third kappa shape index (κ3) is 1.90. The van der Waals surface area contributed by atoms with Gasteiger partial charge in [-0.2, -0.15) is 0 Å². The van der Waals surface area contributed by atoms with Gasteiger partial charge in [-0.3, -0.25) is 9.59 Å². The van der Waals surface area contributed by atoms with E-state index in [4.69, 9.17) is 0 Å². The maximum atomic E-state index is 12.6. The first-order valence-electron chi connectivity index (χ1n) is 7.61. The van der Waals surface area contributed by atoms with Gasteiger partial charge in [0.15, 0.2) is 0 Å². The Bertz CT molecular complexity index is 969. The third-order valence-corrected chi connectivity index (χ3v) is 4.32. The number of imidazole rings is 1.